The molecule has 0 spiro atoms. The van der Waals surface area contributed by atoms with E-state index >= 15 is 0 Å². The summed E-state index contributed by atoms with van der Waals surface area (Å²) in [6, 6.07) is 0. The van der Waals surface area contributed by atoms with Crippen molar-refractivity contribution in [1.82, 2.24) is 0 Å². The van der Waals surface area contributed by atoms with Gasteiger partial charge in [-0.25, -0.2) is 0 Å². The second-order valence-corrected chi connectivity index (χ2v) is 23.2. The summed E-state index contributed by atoms with van der Waals surface area (Å²) in [5.74, 6) is -0.605. The number of unbranched alkanes of at least 4 members (excludes halogenated alkanes) is 32. The lowest BCUT2D eigenvalue weighted by Crippen LogP contribution is -2.28. The average molecular weight is 1160 g/mol. The van der Waals surface area contributed by atoms with Crippen LogP contribution >= 0.6 is 0 Å². The van der Waals surface area contributed by atoms with Crippen molar-refractivity contribution >= 4 is 11.9 Å². The van der Waals surface area contributed by atoms with Gasteiger partial charge in [0.2, 0.25) is 0 Å². The molecule has 0 aromatic rings. The zero-order valence-electron chi connectivity index (χ0n) is 54.9. The van der Waals surface area contributed by atoms with Crippen LogP contribution < -0.4 is 0 Å². The fraction of sp³-hybridized carbons (Fsp3) is 0.671. The first kappa shape index (κ1) is 79.8. The largest absolute Gasteiger partial charge is 0.462 e. The molecule has 0 aliphatic carbocycles. The Morgan fingerprint density at radius 3 is 0.774 bits per heavy atom. The second-order valence-electron chi connectivity index (χ2n) is 23.2. The van der Waals surface area contributed by atoms with Crippen molar-refractivity contribution in [2.45, 2.75) is 328 Å². The van der Waals surface area contributed by atoms with Crippen LogP contribution in [0, 0.1) is 0 Å². The van der Waals surface area contributed by atoms with Gasteiger partial charge < -0.3 is 14.6 Å². The molecule has 0 radical (unpaired) electrons. The number of allylic oxidation sites excluding steroid dienone is 24. The molecule has 0 rings (SSSR count). The summed E-state index contributed by atoms with van der Waals surface area (Å²) in [6.07, 6.45) is 110. The van der Waals surface area contributed by atoms with E-state index in [-0.39, 0.29) is 25.2 Å². The lowest BCUT2D eigenvalue weighted by atomic mass is 10.0. The minimum absolute atomic E-state index is 0.0773. The summed E-state index contributed by atoms with van der Waals surface area (Å²) in [5, 5.41) is 9.70. The van der Waals surface area contributed by atoms with Crippen LogP contribution in [-0.4, -0.2) is 36.4 Å². The molecule has 478 valence electrons. The van der Waals surface area contributed by atoms with Crippen molar-refractivity contribution in [1.29, 1.82) is 0 Å². The van der Waals surface area contributed by atoms with Gasteiger partial charge in [-0.3, -0.25) is 9.59 Å². The first-order valence-electron chi connectivity index (χ1n) is 35.4. The topological polar surface area (TPSA) is 72.8 Å². The number of carbonyl (C=O) groups is 2. The Morgan fingerprint density at radius 2 is 0.512 bits per heavy atom. The maximum Gasteiger partial charge on any atom is 0.306 e. The van der Waals surface area contributed by atoms with E-state index in [0.29, 0.717) is 12.8 Å². The highest BCUT2D eigenvalue weighted by atomic mass is 16.6. The number of carbonyl (C=O) groups excluding carboxylic acids is 2. The summed E-state index contributed by atoms with van der Waals surface area (Å²) >= 11 is 0. The van der Waals surface area contributed by atoms with E-state index in [9.17, 15) is 14.7 Å². The smallest absolute Gasteiger partial charge is 0.306 e. The molecule has 84 heavy (non-hydrogen) atoms. The van der Waals surface area contributed by atoms with Gasteiger partial charge in [-0.2, -0.15) is 0 Å². The Morgan fingerprint density at radius 1 is 0.286 bits per heavy atom. The molecule has 0 aromatic heterocycles. The number of aliphatic hydroxyl groups excluding tert-OH is 1. The van der Waals surface area contributed by atoms with Crippen LogP contribution in [0.4, 0.5) is 0 Å². The molecule has 0 saturated carbocycles. The van der Waals surface area contributed by atoms with Gasteiger partial charge in [0.15, 0.2) is 6.10 Å². The fourth-order valence-electron chi connectivity index (χ4n) is 9.85. The highest BCUT2D eigenvalue weighted by molar-refractivity contribution is 5.70. The van der Waals surface area contributed by atoms with Crippen LogP contribution in [-0.2, 0) is 19.1 Å². The number of aliphatic hydroxyl groups is 1. The summed E-state index contributed by atoms with van der Waals surface area (Å²) in [6.45, 7) is 4.03. The zero-order chi connectivity index (χ0) is 60.5. The third kappa shape index (κ3) is 70.3. The Kier molecular flexibility index (Phi) is 69.4. The van der Waals surface area contributed by atoms with Crippen LogP contribution in [0.5, 0.6) is 0 Å². The average Bonchev–Trinajstić information content (AvgIpc) is 3.51. The molecule has 0 saturated heterocycles. The molecule has 0 heterocycles. The lowest BCUT2D eigenvalue weighted by Gasteiger charge is -2.15. The summed E-state index contributed by atoms with van der Waals surface area (Å²) in [4.78, 5) is 24.7. The van der Waals surface area contributed by atoms with Crippen molar-refractivity contribution in [2.75, 3.05) is 13.2 Å². The molecule has 0 bridgehead atoms. The lowest BCUT2D eigenvalue weighted by molar-refractivity contribution is -0.161. The standard InChI is InChI=1S/C79H132O5/c1-3-5-7-9-11-13-15-17-19-21-23-25-27-29-31-33-35-37-38-39-40-42-44-46-48-50-52-54-56-58-60-62-64-66-68-70-72-74-79(82)84-77(75-80)76-83-78(81)73-71-69-67-65-63-61-59-57-55-53-51-49-47-45-43-41-36-34-32-30-28-26-24-22-20-18-16-14-12-10-8-6-4-2/h5,7,11,13,16-19,22-25,29,31,35,37,39-40,44,46,50,52,56,58,77,80H,3-4,6,8-10,12,14-15,20-21,26-28,30,32-34,36,38,41-43,45,47-49,51,53-55,57,59-76H2,1-2H3/b7-5-,13-11-,18-16-,19-17-,24-22-,25-23-,31-29-,37-35-,40-39-,46-44-,52-50-,58-56-. The van der Waals surface area contributed by atoms with Crippen LogP contribution in [0.3, 0.4) is 0 Å². The first-order chi connectivity index (χ1) is 41.6. The van der Waals surface area contributed by atoms with Crippen molar-refractivity contribution in [2.24, 2.45) is 0 Å². The molecular formula is C79H132O5. The molecule has 0 aromatic carbocycles. The third-order valence-corrected chi connectivity index (χ3v) is 15.1. The quantitative estimate of drug-likeness (QED) is 0.0373. The van der Waals surface area contributed by atoms with Gasteiger partial charge in [0.05, 0.1) is 6.61 Å². The predicted molar refractivity (Wildman–Crippen MR) is 371 cm³/mol. The number of hydrogen-bond donors (Lipinski definition) is 1. The normalized spacial score (nSPS) is 13.1. The Balaban J connectivity index is 3.54. The van der Waals surface area contributed by atoms with Gasteiger partial charge in [0.25, 0.3) is 0 Å². The Bertz CT molecular complexity index is 1750. The number of esters is 2. The van der Waals surface area contributed by atoms with Gasteiger partial charge in [-0.1, -0.05) is 333 Å². The molecule has 1 unspecified atom stereocenters. The minimum Gasteiger partial charge on any atom is -0.462 e. The molecule has 0 aliphatic heterocycles. The predicted octanol–water partition coefficient (Wildman–Crippen LogP) is 24.9. The van der Waals surface area contributed by atoms with Crippen LogP contribution in [0.15, 0.2) is 146 Å². The number of rotatable bonds is 64. The van der Waals surface area contributed by atoms with E-state index in [1.165, 1.54) is 180 Å². The van der Waals surface area contributed by atoms with Gasteiger partial charge >= 0.3 is 11.9 Å². The van der Waals surface area contributed by atoms with Crippen molar-refractivity contribution in [3.05, 3.63) is 146 Å². The molecule has 0 amide bonds. The van der Waals surface area contributed by atoms with E-state index in [0.717, 1.165) is 116 Å². The van der Waals surface area contributed by atoms with Gasteiger partial charge in [-0.05, 0) is 122 Å². The molecular weight excluding hydrogens is 1030 g/mol. The fourth-order valence-corrected chi connectivity index (χ4v) is 9.85. The van der Waals surface area contributed by atoms with Crippen LogP contribution in [0.2, 0.25) is 0 Å². The molecule has 0 fully saturated rings. The van der Waals surface area contributed by atoms with Gasteiger partial charge in [-0.15, -0.1) is 0 Å². The summed E-state index contributed by atoms with van der Waals surface area (Å²) in [7, 11) is 0. The van der Waals surface area contributed by atoms with E-state index in [1.807, 2.05) is 0 Å². The Labute approximate surface area is 520 Å². The van der Waals surface area contributed by atoms with E-state index < -0.39 is 6.10 Å². The SMILES string of the molecule is CC/C=C\C/C=C\C/C=C\C/C=C\C/C=C\C/C=C\C/C=C\C/C=C\C/C=C\C/C=C\CCCCCCCCC(=O)OC(CO)COC(=O)CCCCCCCCCCCCCCCCCCCCCCC/C=C\C/C=C\CCCCCCC. The van der Waals surface area contributed by atoms with Crippen molar-refractivity contribution in [3.8, 4) is 0 Å². The van der Waals surface area contributed by atoms with Crippen molar-refractivity contribution < 1.29 is 24.2 Å². The molecule has 1 atom stereocenters. The van der Waals surface area contributed by atoms with Gasteiger partial charge in [0, 0.05) is 12.8 Å². The third-order valence-electron chi connectivity index (χ3n) is 15.1. The molecule has 5 heteroatoms. The summed E-state index contributed by atoms with van der Waals surface area (Å²) < 4.78 is 10.7. The maximum atomic E-state index is 12.4. The summed E-state index contributed by atoms with van der Waals surface area (Å²) in [5.41, 5.74) is 0. The van der Waals surface area contributed by atoms with Gasteiger partial charge in [0.1, 0.15) is 6.61 Å². The van der Waals surface area contributed by atoms with E-state index in [4.69, 9.17) is 9.47 Å². The number of hydrogen-bond acceptors (Lipinski definition) is 5. The molecule has 0 aliphatic rings. The maximum absolute atomic E-state index is 12.4. The monoisotopic (exact) mass is 1160 g/mol. The molecule has 1 N–H and O–H groups in total. The minimum atomic E-state index is -0.791. The second kappa shape index (κ2) is 73.0. The number of ether oxygens (including phenoxy) is 2. The first-order valence-corrected chi connectivity index (χ1v) is 35.4. The van der Waals surface area contributed by atoms with Crippen molar-refractivity contribution in [3.63, 3.8) is 0 Å². The molecule has 5 nitrogen and oxygen atoms in total. The van der Waals surface area contributed by atoms with Crippen LogP contribution in [0.25, 0.3) is 0 Å². The van der Waals surface area contributed by atoms with E-state index in [2.05, 4.69) is 160 Å². The highest BCUT2D eigenvalue weighted by Gasteiger charge is 2.16. The zero-order valence-corrected chi connectivity index (χ0v) is 54.9. The Hall–Kier alpha value is -4.22. The highest BCUT2D eigenvalue weighted by Crippen LogP contribution is 2.17. The van der Waals surface area contributed by atoms with E-state index in [1.54, 1.807) is 0 Å². The van der Waals surface area contributed by atoms with Crippen LogP contribution in [0.1, 0.15) is 322 Å².